The van der Waals surface area contributed by atoms with Crippen LogP contribution in [0.1, 0.15) is 42.3 Å². The van der Waals surface area contributed by atoms with Crippen molar-refractivity contribution >= 4 is 16.7 Å². The molecule has 0 radical (unpaired) electrons. The minimum atomic E-state index is 0.174. The van der Waals surface area contributed by atoms with Crippen LogP contribution in [-0.2, 0) is 9.47 Å². The van der Waals surface area contributed by atoms with Crippen LogP contribution in [0.5, 0.6) is 0 Å². The maximum Gasteiger partial charge on any atom is 0.159 e. The second-order valence-corrected chi connectivity index (χ2v) is 7.91. The molecule has 0 saturated carbocycles. The Morgan fingerprint density at radius 2 is 1.79 bits per heavy atom. The van der Waals surface area contributed by atoms with Crippen LogP contribution in [0.4, 0.5) is 5.82 Å². The molecule has 0 aliphatic carbocycles. The normalized spacial score (nSPS) is 20.3. The van der Waals surface area contributed by atoms with Crippen molar-refractivity contribution in [3.8, 4) is 5.82 Å². The van der Waals surface area contributed by atoms with E-state index in [4.69, 9.17) is 9.47 Å². The van der Waals surface area contributed by atoms with E-state index < -0.39 is 0 Å². The number of hydrogen-bond donors (Lipinski definition) is 0. The Morgan fingerprint density at radius 3 is 2.59 bits per heavy atom. The zero-order valence-corrected chi connectivity index (χ0v) is 17.1. The summed E-state index contributed by atoms with van der Waals surface area (Å²) in [5.74, 6) is 2.48. The molecule has 1 aromatic carbocycles. The van der Waals surface area contributed by atoms with Crippen LogP contribution in [0.3, 0.4) is 0 Å². The van der Waals surface area contributed by atoms with Crippen LogP contribution < -0.4 is 4.90 Å². The van der Waals surface area contributed by atoms with Gasteiger partial charge in [-0.3, -0.25) is 0 Å². The number of rotatable bonds is 3. The lowest BCUT2D eigenvalue weighted by Crippen LogP contribution is -2.37. The molecular formula is C22H27N5O2. The Balaban J connectivity index is 1.57. The summed E-state index contributed by atoms with van der Waals surface area (Å²) in [5.41, 5.74) is 3.58. The standard InChI is InChI=1S/C22H27N5O2/c1-15-11-17-14-23-27(19(17)12-18(15)20-5-3-4-8-29-20)22-13-21(24-16(2)25-22)26-6-9-28-10-7-26/h11-14,20H,3-10H2,1-2H3. The number of ether oxygens (including phenoxy) is 2. The van der Waals surface area contributed by atoms with Crippen LogP contribution in [0.25, 0.3) is 16.7 Å². The fourth-order valence-corrected chi connectivity index (χ4v) is 4.32. The maximum absolute atomic E-state index is 6.06. The van der Waals surface area contributed by atoms with Crippen LogP contribution >= 0.6 is 0 Å². The summed E-state index contributed by atoms with van der Waals surface area (Å²) in [6.07, 6.45) is 5.54. The Labute approximate surface area is 170 Å². The van der Waals surface area contributed by atoms with Crippen molar-refractivity contribution in [1.29, 1.82) is 0 Å². The second-order valence-electron chi connectivity index (χ2n) is 7.91. The van der Waals surface area contributed by atoms with Crippen molar-refractivity contribution in [2.24, 2.45) is 0 Å². The quantitative estimate of drug-likeness (QED) is 0.678. The fourth-order valence-electron chi connectivity index (χ4n) is 4.32. The van der Waals surface area contributed by atoms with E-state index in [0.717, 1.165) is 74.1 Å². The van der Waals surface area contributed by atoms with Gasteiger partial charge in [-0.05, 0) is 56.4 Å². The summed E-state index contributed by atoms with van der Waals surface area (Å²) in [6.45, 7) is 8.09. The third-order valence-corrected chi connectivity index (χ3v) is 5.85. The Hall–Kier alpha value is -2.51. The Kier molecular flexibility index (Phi) is 4.93. The van der Waals surface area contributed by atoms with E-state index in [1.807, 2.05) is 23.9 Å². The van der Waals surface area contributed by atoms with E-state index >= 15 is 0 Å². The lowest BCUT2D eigenvalue weighted by atomic mass is 9.96. The third kappa shape index (κ3) is 3.60. The minimum Gasteiger partial charge on any atom is -0.378 e. The summed E-state index contributed by atoms with van der Waals surface area (Å²) >= 11 is 0. The fraction of sp³-hybridized carbons (Fsp3) is 0.500. The number of aryl methyl sites for hydroxylation is 2. The Bertz CT molecular complexity index is 1020. The average Bonchev–Trinajstić information content (AvgIpc) is 3.16. The van der Waals surface area contributed by atoms with E-state index in [0.29, 0.717) is 0 Å². The van der Waals surface area contributed by atoms with Crippen molar-refractivity contribution < 1.29 is 9.47 Å². The summed E-state index contributed by atoms with van der Waals surface area (Å²) in [4.78, 5) is 11.6. The lowest BCUT2D eigenvalue weighted by Gasteiger charge is -2.28. The highest BCUT2D eigenvalue weighted by Crippen LogP contribution is 2.33. The lowest BCUT2D eigenvalue weighted by molar-refractivity contribution is 0.0146. The summed E-state index contributed by atoms with van der Waals surface area (Å²) in [7, 11) is 0. The zero-order chi connectivity index (χ0) is 19.8. The van der Waals surface area contributed by atoms with Crippen molar-refractivity contribution in [3.05, 3.63) is 41.3 Å². The maximum atomic E-state index is 6.06. The van der Waals surface area contributed by atoms with Gasteiger partial charge in [-0.25, -0.2) is 14.6 Å². The van der Waals surface area contributed by atoms with Gasteiger partial charge in [-0.2, -0.15) is 5.10 Å². The van der Waals surface area contributed by atoms with Crippen LogP contribution in [0, 0.1) is 13.8 Å². The highest BCUT2D eigenvalue weighted by molar-refractivity contribution is 5.82. The molecule has 1 atom stereocenters. The summed E-state index contributed by atoms with van der Waals surface area (Å²) in [5, 5.41) is 5.78. The van der Waals surface area contributed by atoms with Gasteiger partial charge in [0.2, 0.25) is 0 Å². The highest BCUT2D eigenvalue weighted by Gasteiger charge is 2.21. The molecule has 152 valence electrons. The van der Waals surface area contributed by atoms with Gasteiger partial charge in [-0.15, -0.1) is 0 Å². The van der Waals surface area contributed by atoms with Gasteiger partial charge in [0.1, 0.15) is 11.6 Å². The predicted octanol–water partition coefficient (Wildman–Crippen LogP) is 3.51. The van der Waals surface area contributed by atoms with E-state index in [-0.39, 0.29) is 6.10 Å². The minimum absolute atomic E-state index is 0.174. The van der Waals surface area contributed by atoms with Crippen molar-refractivity contribution in [2.75, 3.05) is 37.8 Å². The molecule has 0 bridgehead atoms. The van der Waals surface area contributed by atoms with Crippen LogP contribution in [-0.4, -0.2) is 52.7 Å². The van der Waals surface area contributed by atoms with Crippen LogP contribution in [0.15, 0.2) is 24.4 Å². The molecule has 1 unspecified atom stereocenters. The van der Waals surface area contributed by atoms with Crippen molar-refractivity contribution in [1.82, 2.24) is 19.7 Å². The van der Waals surface area contributed by atoms with E-state index in [2.05, 4.69) is 39.0 Å². The molecule has 7 heteroatoms. The smallest absolute Gasteiger partial charge is 0.159 e. The van der Waals surface area contributed by atoms with Gasteiger partial charge in [0.25, 0.3) is 0 Å². The second kappa shape index (κ2) is 7.72. The van der Waals surface area contributed by atoms with Gasteiger partial charge in [0.15, 0.2) is 5.82 Å². The number of hydrogen-bond acceptors (Lipinski definition) is 6. The molecule has 0 amide bonds. The first-order valence-electron chi connectivity index (χ1n) is 10.5. The van der Waals surface area contributed by atoms with Crippen molar-refractivity contribution in [2.45, 2.75) is 39.2 Å². The monoisotopic (exact) mass is 393 g/mol. The van der Waals surface area contributed by atoms with Gasteiger partial charge >= 0.3 is 0 Å². The molecule has 2 aliphatic heterocycles. The molecule has 0 N–H and O–H groups in total. The SMILES string of the molecule is Cc1nc(N2CCOCC2)cc(-n2ncc3cc(C)c(C4CCCCO4)cc32)n1. The van der Waals surface area contributed by atoms with E-state index in [1.54, 1.807) is 0 Å². The highest BCUT2D eigenvalue weighted by atomic mass is 16.5. The van der Waals surface area contributed by atoms with Gasteiger partial charge in [-0.1, -0.05) is 0 Å². The number of morpholine rings is 1. The largest absolute Gasteiger partial charge is 0.378 e. The molecule has 4 heterocycles. The molecule has 2 aliphatic rings. The zero-order valence-electron chi connectivity index (χ0n) is 17.1. The number of aromatic nitrogens is 4. The molecule has 2 saturated heterocycles. The van der Waals surface area contributed by atoms with Gasteiger partial charge in [0, 0.05) is 31.1 Å². The molecular weight excluding hydrogens is 366 g/mol. The molecule has 2 aromatic heterocycles. The topological polar surface area (TPSA) is 65.3 Å². The number of nitrogens with zero attached hydrogens (tertiary/aromatic N) is 5. The first-order valence-corrected chi connectivity index (χ1v) is 10.5. The Morgan fingerprint density at radius 1 is 0.966 bits per heavy atom. The number of benzene rings is 1. The predicted molar refractivity (Wildman–Crippen MR) is 112 cm³/mol. The molecule has 0 spiro atoms. The first kappa shape index (κ1) is 18.5. The third-order valence-electron chi connectivity index (χ3n) is 5.85. The van der Waals surface area contributed by atoms with Gasteiger partial charge < -0.3 is 14.4 Å². The van der Waals surface area contributed by atoms with E-state index in [1.165, 1.54) is 17.5 Å². The van der Waals surface area contributed by atoms with E-state index in [9.17, 15) is 0 Å². The average molecular weight is 393 g/mol. The van der Waals surface area contributed by atoms with Crippen molar-refractivity contribution in [3.63, 3.8) is 0 Å². The summed E-state index contributed by atoms with van der Waals surface area (Å²) < 4.78 is 13.5. The molecule has 3 aromatic rings. The first-order chi connectivity index (χ1) is 14.2. The number of anilines is 1. The molecule has 2 fully saturated rings. The molecule has 29 heavy (non-hydrogen) atoms. The molecule has 5 rings (SSSR count). The van der Waals surface area contributed by atoms with Crippen LogP contribution in [0.2, 0.25) is 0 Å². The summed E-state index contributed by atoms with van der Waals surface area (Å²) in [6, 6.07) is 6.48. The number of fused-ring (bicyclic) bond motifs is 1. The van der Waals surface area contributed by atoms with Gasteiger partial charge in [0.05, 0.1) is 31.0 Å². The molecule has 7 nitrogen and oxygen atoms in total.